The van der Waals surface area contributed by atoms with Crippen molar-refractivity contribution in [1.29, 1.82) is 0 Å². The fourth-order valence-electron chi connectivity index (χ4n) is 3.44. The van der Waals surface area contributed by atoms with Crippen LogP contribution in [0.4, 0.5) is 10.6 Å². The number of amides is 2. The maximum Gasteiger partial charge on any atom is 0.323 e. The number of carbonyl (C=O) groups excluding carboxylic acids is 1. The van der Waals surface area contributed by atoms with Crippen molar-refractivity contribution in [1.82, 2.24) is 29.6 Å². The summed E-state index contributed by atoms with van der Waals surface area (Å²) < 4.78 is 2.06. The van der Waals surface area contributed by atoms with Crippen molar-refractivity contribution in [3.05, 3.63) is 65.1 Å². The van der Waals surface area contributed by atoms with E-state index in [9.17, 15) is 4.79 Å². The second-order valence-electron chi connectivity index (χ2n) is 6.69. The third kappa shape index (κ3) is 3.82. The van der Waals surface area contributed by atoms with Crippen LogP contribution in [0.15, 0.2) is 42.9 Å². The second-order valence-corrected chi connectivity index (χ2v) is 7.13. The third-order valence-electron chi connectivity index (χ3n) is 4.85. The topological polar surface area (TPSA) is 88.8 Å². The van der Waals surface area contributed by atoms with Crippen LogP contribution in [-0.4, -0.2) is 42.2 Å². The number of aromatic nitrogens is 5. The van der Waals surface area contributed by atoms with Crippen LogP contribution in [-0.2, 0) is 6.54 Å². The first-order valence-corrected chi connectivity index (χ1v) is 9.47. The first-order valence-electron chi connectivity index (χ1n) is 9.09. The third-order valence-corrected chi connectivity index (χ3v) is 5.10. The van der Waals surface area contributed by atoms with Crippen molar-refractivity contribution in [3.8, 4) is 0 Å². The standard InChI is InChI=1S/C19H20ClN7O/c1-13-24-25-18(27(13)11-14-4-6-15(20)7-5-14)16-3-2-10-26(16)19(28)23-17-8-9-21-12-22-17/h4-9,12,16H,2-3,10-11H2,1H3,(H,21,22,23,28)/t16-/m1/s1. The number of carbonyl (C=O) groups is 1. The van der Waals surface area contributed by atoms with Crippen LogP contribution in [0.25, 0.3) is 0 Å². The summed E-state index contributed by atoms with van der Waals surface area (Å²) in [5.74, 6) is 2.08. The number of urea groups is 1. The molecule has 0 unspecified atom stereocenters. The molecule has 1 N–H and O–H groups in total. The molecule has 0 spiro atoms. The van der Waals surface area contributed by atoms with Crippen LogP contribution in [0.5, 0.6) is 0 Å². The van der Waals surface area contributed by atoms with E-state index in [-0.39, 0.29) is 12.1 Å². The molecular formula is C19H20ClN7O. The molecule has 1 atom stereocenters. The SMILES string of the molecule is Cc1nnc([C@H]2CCCN2C(=O)Nc2ccncn2)n1Cc1ccc(Cl)cc1. The number of halogens is 1. The average molecular weight is 398 g/mol. The monoisotopic (exact) mass is 397 g/mol. The number of benzene rings is 1. The molecule has 8 nitrogen and oxygen atoms in total. The molecule has 0 aliphatic carbocycles. The van der Waals surface area contributed by atoms with Crippen LogP contribution in [0.1, 0.15) is 36.1 Å². The van der Waals surface area contributed by atoms with Gasteiger partial charge in [-0.1, -0.05) is 23.7 Å². The second kappa shape index (κ2) is 7.93. The Bertz CT molecular complexity index is 958. The Morgan fingerprint density at radius 2 is 2.07 bits per heavy atom. The molecule has 144 valence electrons. The molecule has 3 heterocycles. The van der Waals surface area contributed by atoms with Crippen LogP contribution >= 0.6 is 11.6 Å². The molecule has 0 radical (unpaired) electrons. The molecule has 9 heteroatoms. The zero-order valence-corrected chi connectivity index (χ0v) is 16.2. The molecular weight excluding hydrogens is 378 g/mol. The number of hydrogen-bond acceptors (Lipinski definition) is 5. The zero-order chi connectivity index (χ0) is 19.5. The summed E-state index contributed by atoms with van der Waals surface area (Å²) in [6.07, 6.45) is 4.75. The highest BCUT2D eigenvalue weighted by molar-refractivity contribution is 6.30. The Labute approximate surface area is 167 Å². The summed E-state index contributed by atoms with van der Waals surface area (Å²) in [4.78, 5) is 22.5. The summed E-state index contributed by atoms with van der Waals surface area (Å²) in [7, 11) is 0. The number of aryl methyl sites for hydroxylation is 1. The Morgan fingerprint density at radius 3 is 2.82 bits per heavy atom. The van der Waals surface area contributed by atoms with Crippen molar-refractivity contribution in [2.24, 2.45) is 0 Å². The molecule has 4 rings (SSSR count). The van der Waals surface area contributed by atoms with Crippen molar-refractivity contribution < 1.29 is 4.79 Å². The van der Waals surface area contributed by atoms with Gasteiger partial charge in [0.1, 0.15) is 18.0 Å². The van der Waals surface area contributed by atoms with Gasteiger partial charge in [-0.05, 0) is 43.5 Å². The lowest BCUT2D eigenvalue weighted by atomic mass is 10.2. The van der Waals surface area contributed by atoms with Gasteiger partial charge in [0.25, 0.3) is 0 Å². The van der Waals surface area contributed by atoms with Gasteiger partial charge in [-0.2, -0.15) is 0 Å². The number of nitrogens with zero attached hydrogens (tertiary/aromatic N) is 6. The molecule has 3 aromatic rings. The van der Waals surface area contributed by atoms with E-state index in [0.717, 1.165) is 30.1 Å². The van der Waals surface area contributed by atoms with Gasteiger partial charge in [-0.15, -0.1) is 10.2 Å². The van der Waals surface area contributed by atoms with Gasteiger partial charge in [0.2, 0.25) is 0 Å². The van der Waals surface area contributed by atoms with Gasteiger partial charge in [-0.25, -0.2) is 14.8 Å². The number of anilines is 1. The summed E-state index contributed by atoms with van der Waals surface area (Å²) in [5, 5.41) is 12.2. The summed E-state index contributed by atoms with van der Waals surface area (Å²) in [6, 6.07) is 9.05. The van der Waals surface area contributed by atoms with E-state index in [1.165, 1.54) is 6.33 Å². The number of likely N-dealkylation sites (tertiary alicyclic amines) is 1. The van der Waals surface area contributed by atoms with Crippen LogP contribution in [0, 0.1) is 6.92 Å². The van der Waals surface area contributed by atoms with Gasteiger partial charge in [0.15, 0.2) is 5.82 Å². The van der Waals surface area contributed by atoms with Gasteiger partial charge in [-0.3, -0.25) is 5.32 Å². The Morgan fingerprint density at radius 1 is 1.25 bits per heavy atom. The lowest BCUT2D eigenvalue weighted by Gasteiger charge is -2.24. The van der Waals surface area contributed by atoms with Crippen LogP contribution < -0.4 is 5.32 Å². The van der Waals surface area contributed by atoms with Gasteiger partial charge < -0.3 is 9.47 Å². The highest BCUT2D eigenvalue weighted by Crippen LogP contribution is 2.32. The quantitative estimate of drug-likeness (QED) is 0.728. The van der Waals surface area contributed by atoms with Crippen molar-refractivity contribution in [2.45, 2.75) is 32.4 Å². The van der Waals surface area contributed by atoms with E-state index < -0.39 is 0 Å². The lowest BCUT2D eigenvalue weighted by Crippen LogP contribution is -2.35. The molecule has 1 fully saturated rings. The van der Waals surface area contributed by atoms with E-state index in [0.29, 0.717) is 23.9 Å². The smallest absolute Gasteiger partial charge is 0.314 e. The molecule has 2 amide bonds. The highest BCUT2D eigenvalue weighted by atomic mass is 35.5. The van der Waals surface area contributed by atoms with E-state index in [1.807, 2.05) is 31.2 Å². The molecule has 0 saturated carbocycles. The summed E-state index contributed by atoms with van der Waals surface area (Å²) in [5.41, 5.74) is 1.10. The fourth-order valence-corrected chi connectivity index (χ4v) is 3.56. The first kappa shape index (κ1) is 18.4. The van der Waals surface area contributed by atoms with E-state index in [1.54, 1.807) is 17.2 Å². The maximum atomic E-state index is 12.8. The van der Waals surface area contributed by atoms with E-state index in [4.69, 9.17) is 11.6 Å². The summed E-state index contributed by atoms with van der Waals surface area (Å²) >= 11 is 5.99. The molecule has 28 heavy (non-hydrogen) atoms. The number of nitrogens with one attached hydrogen (secondary N) is 1. The van der Waals surface area contributed by atoms with Crippen LogP contribution in [0.2, 0.25) is 5.02 Å². The molecule has 2 aromatic heterocycles. The molecule has 1 saturated heterocycles. The zero-order valence-electron chi connectivity index (χ0n) is 15.4. The summed E-state index contributed by atoms with van der Waals surface area (Å²) in [6.45, 7) is 3.21. The van der Waals surface area contributed by atoms with Gasteiger partial charge in [0.05, 0.1) is 12.6 Å². The van der Waals surface area contributed by atoms with Crippen molar-refractivity contribution in [2.75, 3.05) is 11.9 Å². The van der Waals surface area contributed by atoms with Gasteiger partial charge >= 0.3 is 6.03 Å². The molecule has 1 aromatic carbocycles. The van der Waals surface area contributed by atoms with E-state index in [2.05, 4.69) is 30.0 Å². The number of rotatable bonds is 4. The lowest BCUT2D eigenvalue weighted by molar-refractivity contribution is 0.203. The maximum absolute atomic E-state index is 12.8. The van der Waals surface area contributed by atoms with Crippen molar-refractivity contribution >= 4 is 23.4 Å². The minimum Gasteiger partial charge on any atom is -0.314 e. The fraction of sp³-hybridized carbons (Fsp3) is 0.316. The Balaban J connectivity index is 1.56. The minimum atomic E-state index is -0.195. The van der Waals surface area contributed by atoms with Gasteiger partial charge in [0, 0.05) is 17.8 Å². The largest absolute Gasteiger partial charge is 0.323 e. The number of hydrogen-bond donors (Lipinski definition) is 1. The van der Waals surface area contributed by atoms with E-state index >= 15 is 0 Å². The van der Waals surface area contributed by atoms with Crippen LogP contribution in [0.3, 0.4) is 0 Å². The van der Waals surface area contributed by atoms with Crippen molar-refractivity contribution in [3.63, 3.8) is 0 Å². The Kier molecular flexibility index (Phi) is 5.21. The minimum absolute atomic E-state index is 0.129. The highest BCUT2D eigenvalue weighted by Gasteiger charge is 2.34. The predicted molar refractivity (Wildman–Crippen MR) is 105 cm³/mol. The Hall–Kier alpha value is -3.00. The predicted octanol–water partition coefficient (Wildman–Crippen LogP) is 3.45. The normalized spacial score (nSPS) is 16.4. The first-order chi connectivity index (χ1) is 13.6. The average Bonchev–Trinajstić information content (AvgIpc) is 3.32. The molecule has 1 aliphatic heterocycles. The molecule has 0 bridgehead atoms. The molecule has 1 aliphatic rings.